The zero-order chi connectivity index (χ0) is 11.0. The summed E-state index contributed by atoms with van der Waals surface area (Å²) >= 11 is 0. The number of hydrogen-bond acceptors (Lipinski definition) is 1. The van der Waals surface area contributed by atoms with E-state index in [2.05, 4.69) is 51.1 Å². The molecule has 0 aliphatic rings. The molecule has 0 unspecified atom stereocenters. The van der Waals surface area contributed by atoms with Gasteiger partial charge in [-0.05, 0) is 35.1 Å². The van der Waals surface area contributed by atoms with Crippen LogP contribution in [0.4, 0.5) is 0 Å². The van der Waals surface area contributed by atoms with Crippen LogP contribution in [-0.2, 0) is 0 Å². The lowest BCUT2D eigenvalue weighted by Crippen LogP contribution is -1.94. The number of fused-ring (bicyclic) bond motifs is 1. The summed E-state index contributed by atoms with van der Waals surface area (Å²) in [4.78, 5) is 0. The first-order valence-corrected chi connectivity index (χ1v) is 5.56. The van der Waals surface area contributed by atoms with Gasteiger partial charge in [0.05, 0.1) is 11.7 Å². The monoisotopic (exact) mass is 202 g/mol. The Balaban J connectivity index is 2.52. The molecule has 0 atom stereocenters. The van der Waals surface area contributed by atoms with Crippen LogP contribution in [-0.4, -0.2) is 9.61 Å². The molecular weight excluding hydrogens is 184 g/mol. The normalized spacial score (nSPS) is 11.9. The Bertz CT molecular complexity index is 460. The predicted octanol–water partition coefficient (Wildman–Crippen LogP) is 3.58. The van der Waals surface area contributed by atoms with E-state index in [1.165, 1.54) is 16.6 Å². The van der Waals surface area contributed by atoms with Gasteiger partial charge in [0.2, 0.25) is 0 Å². The maximum Gasteiger partial charge on any atom is 0.0652 e. The van der Waals surface area contributed by atoms with Gasteiger partial charge >= 0.3 is 0 Å². The van der Waals surface area contributed by atoms with Crippen molar-refractivity contribution in [3.05, 3.63) is 35.7 Å². The van der Waals surface area contributed by atoms with Crippen molar-refractivity contribution in [2.24, 2.45) is 0 Å². The van der Waals surface area contributed by atoms with E-state index in [9.17, 15) is 0 Å². The Morgan fingerprint density at radius 1 is 1.00 bits per heavy atom. The van der Waals surface area contributed by atoms with Crippen LogP contribution in [0.1, 0.15) is 50.7 Å². The molecule has 0 radical (unpaired) electrons. The second-order valence-electron chi connectivity index (χ2n) is 4.74. The van der Waals surface area contributed by atoms with Crippen molar-refractivity contribution in [1.82, 2.24) is 9.61 Å². The molecule has 2 aromatic rings. The molecule has 0 aromatic carbocycles. The summed E-state index contributed by atoms with van der Waals surface area (Å²) in [6, 6.07) is 4.45. The topological polar surface area (TPSA) is 17.3 Å². The van der Waals surface area contributed by atoms with Crippen LogP contribution >= 0.6 is 0 Å². The summed E-state index contributed by atoms with van der Waals surface area (Å²) in [6.45, 7) is 8.80. The van der Waals surface area contributed by atoms with E-state index in [0.717, 1.165) is 0 Å². The molecule has 0 aliphatic carbocycles. The van der Waals surface area contributed by atoms with Crippen LogP contribution < -0.4 is 0 Å². The number of aromatic nitrogens is 2. The van der Waals surface area contributed by atoms with Gasteiger partial charge < -0.3 is 0 Å². The Labute approximate surface area is 90.9 Å². The lowest BCUT2D eigenvalue weighted by Gasteiger charge is -2.04. The largest absolute Gasteiger partial charge is 0.241 e. The van der Waals surface area contributed by atoms with Crippen LogP contribution in [0.15, 0.2) is 24.5 Å². The van der Waals surface area contributed by atoms with Crippen molar-refractivity contribution in [3.8, 4) is 0 Å². The molecule has 0 spiro atoms. The average molecular weight is 202 g/mol. The van der Waals surface area contributed by atoms with Gasteiger partial charge in [-0.25, -0.2) is 4.52 Å². The highest BCUT2D eigenvalue weighted by Gasteiger charge is 2.06. The number of rotatable bonds is 2. The van der Waals surface area contributed by atoms with Gasteiger partial charge in [-0.1, -0.05) is 27.7 Å². The number of hydrogen-bond donors (Lipinski definition) is 0. The number of nitrogens with zero attached hydrogens (tertiary/aromatic N) is 2. The van der Waals surface area contributed by atoms with E-state index in [4.69, 9.17) is 0 Å². The van der Waals surface area contributed by atoms with Crippen LogP contribution in [0.5, 0.6) is 0 Å². The van der Waals surface area contributed by atoms with Gasteiger partial charge in [-0.15, -0.1) is 0 Å². The van der Waals surface area contributed by atoms with Crippen molar-refractivity contribution < 1.29 is 0 Å². The van der Waals surface area contributed by atoms with Crippen molar-refractivity contribution in [1.29, 1.82) is 0 Å². The maximum absolute atomic E-state index is 4.42. The van der Waals surface area contributed by atoms with Crippen LogP contribution in [0.2, 0.25) is 0 Å². The van der Waals surface area contributed by atoms with Crippen LogP contribution in [0.3, 0.4) is 0 Å². The first-order valence-electron chi connectivity index (χ1n) is 5.56. The lowest BCUT2D eigenvalue weighted by molar-refractivity contribution is 0.823. The lowest BCUT2D eigenvalue weighted by atomic mass is 10.1. The SMILES string of the molecule is CC(C)c1cnn2cc(C(C)C)cc2c1. The van der Waals surface area contributed by atoms with Gasteiger partial charge in [0.15, 0.2) is 0 Å². The summed E-state index contributed by atoms with van der Waals surface area (Å²) in [6.07, 6.45) is 4.08. The molecule has 15 heavy (non-hydrogen) atoms. The van der Waals surface area contributed by atoms with E-state index >= 15 is 0 Å². The van der Waals surface area contributed by atoms with E-state index in [-0.39, 0.29) is 0 Å². The summed E-state index contributed by atoms with van der Waals surface area (Å²) in [5.74, 6) is 1.11. The van der Waals surface area contributed by atoms with Crippen molar-refractivity contribution >= 4 is 5.52 Å². The second-order valence-corrected chi connectivity index (χ2v) is 4.74. The molecule has 2 nitrogen and oxygen atoms in total. The fraction of sp³-hybridized carbons (Fsp3) is 0.462. The Morgan fingerprint density at radius 3 is 2.20 bits per heavy atom. The molecule has 0 saturated heterocycles. The van der Waals surface area contributed by atoms with Gasteiger partial charge in [-0.3, -0.25) is 0 Å². The smallest absolute Gasteiger partial charge is 0.0652 e. The molecule has 0 amide bonds. The minimum atomic E-state index is 0.542. The first-order chi connectivity index (χ1) is 7.08. The molecule has 0 saturated carbocycles. The Kier molecular flexibility index (Phi) is 2.51. The molecule has 0 aliphatic heterocycles. The first kappa shape index (κ1) is 10.2. The molecular formula is C13H18N2. The van der Waals surface area contributed by atoms with E-state index in [1.807, 2.05) is 10.7 Å². The van der Waals surface area contributed by atoms with Gasteiger partial charge in [0.25, 0.3) is 0 Å². The fourth-order valence-corrected chi connectivity index (χ4v) is 1.67. The molecule has 2 rings (SSSR count). The third-order valence-electron chi connectivity index (χ3n) is 2.83. The van der Waals surface area contributed by atoms with Crippen LogP contribution in [0.25, 0.3) is 5.52 Å². The third-order valence-corrected chi connectivity index (χ3v) is 2.83. The van der Waals surface area contributed by atoms with Crippen molar-refractivity contribution in [2.75, 3.05) is 0 Å². The van der Waals surface area contributed by atoms with Gasteiger partial charge in [0, 0.05) is 6.20 Å². The molecule has 0 fully saturated rings. The van der Waals surface area contributed by atoms with E-state index < -0.39 is 0 Å². The fourth-order valence-electron chi connectivity index (χ4n) is 1.67. The minimum Gasteiger partial charge on any atom is -0.241 e. The highest BCUT2D eigenvalue weighted by atomic mass is 15.2. The molecule has 2 heteroatoms. The molecule has 2 heterocycles. The van der Waals surface area contributed by atoms with Crippen molar-refractivity contribution in [2.45, 2.75) is 39.5 Å². The van der Waals surface area contributed by atoms with Crippen molar-refractivity contribution in [3.63, 3.8) is 0 Å². The third kappa shape index (κ3) is 1.89. The Morgan fingerprint density at radius 2 is 1.60 bits per heavy atom. The van der Waals surface area contributed by atoms with Gasteiger partial charge in [-0.2, -0.15) is 5.10 Å². The van der Waals surface area contributed by atoms with Gasteiger partial charge in [0.1, 0.15) is 0 Å². The quantitative estimate of drug-likeness (QED) is 0.727. The second kappa shape index (κ2) is 3.69. The van der Waals surface area contributed by atoms with E-state index in [1.54, 1.807) is 0 Å². The maximum atomic E-state index is 4.42. The molecule has 80 valence electrons. The Hall–Kier alpha value is -1.31. The zero-order valence-electron chi connectivity index (χ0n) is 9.86. The molecule has 0 N–H and O–H groups in total. The standard InChI is InChI=1S/C13H18N2/c1-9(2)11-5-13-6-12(10(3)4)8-15(13)14-7-11/h5-10H,1-4H3. The highest BCUT2D eigenvalue weighted by Crippen LogP contribution is 2.20. The van der Waals surface area contributed by atoms with E-state index in [0.29, 0.717) is 11.8 Å². The predicted molar refractivity (Wildman–Crippen MR) is 63.4 cm³/mol. The van der Waals surface area contributed by atoms with Crippen LogP contribution in [0, 0.1) is 0 Å². The summed E-state index contributed by atoms with van der Waals surface area (Å²) in [5, 5.41) is 4.42. The molecule has 2 aromatic heterocycles. The highest BCUT2D eigenvalue weighted by molar-refractivity contribution is 5.51. The summed E-state index contributed by atoms with van der Waals surface area (Å²) in [7, 11) is 0. The average Bonchev–Trinajstić information content (AvgIpc) is 2.59. The summed E-state index contributed by atoms with van der Waals surface area (Å²) in [5.41, 5.74) is 3.85. The zero-order valence-corrected chi connectivity index (χ0v) is 9.86. The molecule has 0 bridgehead atoms. The minimum absolute atomic E-state index is 0.542. The summed E-state index contributed by atoms with van der Waals surface area (Å²) < 4.78 is 1.96.